The number of anilines is 3. The molecule has 0 bridgehead atoms. The minimum Gasteiger partial charge on any atom is -0.456 e. The molecule has 0 aliphatic heterocycles. The summed E-state index contributed by atoms with van der Waals surface area (Å²) in [6.45, 7) is 0. The van der Waals surface area contributed by atoms with Gasteiger partial charge in [0.2, 0.25) is 0 Å². The molecule has 0 spiro atoms. The maximum Gasteiger partial charge on any atom is 0.143 e. The lowest BCUT2D eigenvalue weighted by molar-refractivity contribution is 0.663. The van der Waals surface area contributed by atoms with E-state index in [1.807, 2.05) is 29.5 Å². The normalized spacial score (nSPS) is 11.8. The number of fused-ring (bicyclic) bond motifs is 10. The van der Waals surface area contributed by atoms with Gasteiger partial charge < -0.3 is 13.7 Å². The molecule has 8 aromatic carbocycles. The molecule has 0 saturated heterocycles. The minimum atomic E-state index is 0.850. The molecule has 0 N–H and O–H groups in total. The number of benzene rings is 8. The van der Waals surface area contributed by atoms with Crippen molar-refractivity contribution in [3.8, 4) is 22.3 Å². The van der Waals surface area contributed by atoms with Crippen LogP contribution in [0.15, 0.2) is 185 Å². The Morgan fingerprint density at radius 1 is 0.385 bits per heavy atom. The second kappa shape index (κ2) is 11.5. The van der Waals surface area contributed by atoms with Crippen LogP contribution in [0.4, 0.5) is 17.1 Å². The van der Waals surface area contributed by atoms with Crippen LogP contribution in [0.25, 0.3) is 86.3 Å². The van der Waals surface area contributed by atoms with Gasteiger partial charge in [-0.1, -0.05) is 109 Å². The van der Waals surface area contributed by atoms with Crippen molar-refractivity contribution in [3.05, 3.63) is 176 Å². The van der Waals surface area contributed by atoms with Crippen LogP contribution < -0.4 is 4.90 Å². The van der Waals surface area contributed by atoms with Gasteiger partial charge in [-0.15, -0.1) is 11.3 Å². The first kappa shape index (κ1) is 29.1. The van der Waals surface area contributed by atoms with Crippen LogP contribution in [-0.4, -0.2) is 0 Å². The fourth-order valence-corrected chi connectivity index (χ4v) is 9.22. The van der Waals surface area contributed by atoms with Gasteiger partial charge in [-0.05, 0) is 77.9 Å². The quantitative estimate of drug-likeness (QED) is 0.181. The predicted molar refractivity (Wildman–Crippen MR) is 219 cm³/mol. The molecule has 3 aromatic heterocycles. The van der Waals surface area contributed by atoms with Gasteiger partial charge in [-0.3, -0.25) is 0 Å². The number of para-hydroxylation sites is 3. The summed E-state index contributed by atoms with van der Waals surface area (Å²) >= 11 is 1.85. The van der Waals surface area contributed by atoms with E-state index in [2.05, 4.69) is 163 Å². The maximum atomic E-state index is 6.97. The molecule has 0 fully saturated rings. The summed E-state index contributed by atoms with van der Waals surface area (Å²) < 4.78 is 15.9. The Morgan fingerprint density at radius 2 is 1.00 bits per heavy atom. The van der Waals surface area contributed by atoms with Crippen LogP contribution >= 0.6 is 11.3 Å². The van der Waals surface area contributed by atoms with Crippen molar-refractivity contribution in [2.45, 2.75) is 0 Å². The van der Waals surface area contributed by atoms with E-state index in [0.717, 1.165) is 77.6 Å². The van der Waals surface area contributed by atoms with E-state index < -0.39 is 0 Å². The van der Waals surface area contributed by atoms with Crippen LogP contribution in [0.5, 0.6) is 0 Å². The molecule has 3 heterocycles. The van der Waals surface area contributed by atoms with Crippen molar-refractivity contribution < 1.29 is 8.83 Å². The highest BCUT2D eigenvalue weighted by Gasteiger charge is 2.23. The first-order valence-electron chi connectivity index (χ1n) is 17.5. The minimum absolute atomic E-state index is 0.850. The summed E-state index contributed by atoms with van der Waals surface area (Å²) in [6.07, 6.45) is 0. The SMILES string of the molecule is c1ccc(N(c2ccccc2)c2ccc(-c3c(-c4cccc5c4sc4ccccc45)ccc4c3oc3ccc5oc6ccccc6c5c34)cc2)cc1. The Balaban J connectivity index is 1.19. The summed E-state index contributed by atoms with van der Waals surface area (Å²) in [5, 5.41) is 6.91. The molecule has 0 unspecified atom stereocenters. The Hall–Kier alpha value is -6.62. The molecule has 52 heavy (non-hydrogen) atoms. The number of rotatable bonds is 5. The van der Waals surface area contributed by atoms with E-state index in [1.165, 1.54) is 25.7 Å². The fourth-order valence-electron chi connectivity index (χ4n) is 7.99. The summed E-state index contributed by atoms with van der Waals surface area (Å²) in [4.78, 5) is 2.30. The standard InChI is InChI=1S/C48H29NO2S/c1-3-12-31(13-4-1)49(32-14-5-2-6-15-32)33-24-22-30(23-25-33)44-35(37-19-11-18-36-34-16-8-10-21-43(34)52-48(36)37)26-27-39-46-42(51-47(39)44)29-28-41-45(46)38-17-7-9-20-40(38)50-41/h1-29H. The molecular formula is C48H29NO2S. The van der Waals surface area contributed by atoms with Gasteiger partial charge in [0.05, 0.1) is 0 Å². The fraction of sp³-hybridized carbons (Fsp3) is 0. The van der Waals surface area contributed by atoms with Crippen LogP contribution in [-0.2, 0) is 0 Å². The van der Waals surface area contributed by atoms with Gasteiger partial charge >= 0.3 is 0 Å². The molecular weight excluding hydrogens is 655 g/mol. The van der Waals surface area contributed by atoms with E-state index in [0.29, 0.717) is 0 Å². The maximum absolute atomic E-state index is 6.97. The Morgan fingerprint density at radius 3 is 1.77 bits per heavy atom. The molecule has 0 saturated carbocycles. The molecule has 11 rings (SSSR count). The summed E-state index contributed by atoms with van der Waals surface area (Å²) in [5.74, 6) is 0. The molecule has 3 nitrogen and oxygen atoms in total. The van der Waals surface area contributed by atoms with Crippen LogP contribution in [0, 0.1) is 0 Å². The van der Waals surface area contributed by atoms with E-state index in [1.54, 1.807) is 0 Å². The highest BCUT2D eigenvalue weighted by Crippen LogP contribution is 2.49. The van der Waals surface area contributed by atoms with Gasteiger partial charge in [0.25, 0.3) is 0 Å². The van der Waals surface area contributed by atoms with E-state index in [-0.39, 0.29) is 0 Å². The molecule has 0 radical (unpaired) electrons. The number of nitrogens with zero attached hydrogens (tertiary/aromatic N) is 1. The second-order valence-corrected chi connectivity index (χ2v) is 14.3. The van der Waals surface area contributed by atoms with Gasteiger partial charge in [-0.25, -0.2) is 0 Å². The zero-order chi connectivity index (χ0) is 34.2. The van der Waals surface area contributed by atoms with Gasteiger partial charge in [0.15, 0.2) is 0 Å². The van der Waals surface area contributed by atoms with E-state index in [4.69, 9.17) is 8.83 Å². The van der Waals surface area contributed by atoms with Crippen molar-refractivity contribution in [2.24, 2.45) is 0 Å². The molecule has 244 valence electrons. The average molecular weight is 684 g/mol. The third-order valence-electron chi connectivity index (χ3n) is 10.3. The largest absolute Gasteiger partial charge is 0.456 e. The van der Waals surface area contributed by atoms with Crippen molar-refractivity contribution >= 4 is 92.4 Å². The topological polar surface area (TPSA) is 29.5 Å². The molecule has 0 amide bonds. The number of hydrogen-bond acceptors (Lipinski definition) is 4. The van der Waals surface area contributed by atoms with Crippen molar-refractivity contribution in [2.75, 3.05) is 4.90 Å². The molecule has 0 atom stereocenters. The lowest BCUT2D eigenvalue weighted by Crippen LogP contribution is -2.09. The Kier molecular flexibility index (Phi) is 6.42. The molecule has 11 aromatic rings. The zero-order valence-corrected chi connectivity index (χ0v) is 28.7. The third-order valence-corrected chi connectivity index (χ3v) is 11.5. The van der Waals surface area contributed by atoms with Gasteiger partial charge in [0, 0.05) is 69.9 Å². The third kappa shape index (κ3) is 4.38. The molecule has 0 aliphatic rings. The Bertz CT molecular complexity index is 3080. The summed E-state index contributed by atoms with van der Waals surface area (Å²) in [6, 6.07) is 62.3. The van der Waals surface area contributed by atoms with Crippen molar-refractivity contribution in [3.63, 3.8) is 0 Å². The van der Waals surface area contributed by atoms with Gasteiger partial charge in [-0.2, -0.15) is 0 Å². The summed E-state index contributed by atoms with van der Waals surface area (Å²) in [7, 11) is 0. The highest BCUT2D eigenvalue weighted by atomic mass is 32.1. The number of thiophene rings is 1. The van der Waals surface area contributed by atoms with Gasteiger partial charge in [0.1, 0.15) is 22.3 Å². The lowest BCUT2D eigenvalue weighted by Gasteiger charge is -2.25. The van der Waals surface area contributed by atoms with Crippen LogP contribution in [0.3, 0.4) is 0 Å². The van der Waals surface area contributed by atoms with Crippen molar-refractivity contribution in [1.29, 1.82) is 0 Å². The highest BCUT2D eigenvalue weighted by molar-refractivity contribution is 7.26. The molecule has 4 heteroatoms. The predicted octanol–water partition coefficient (Wildman–Crippen LogP) is 14.7. The Labute approximate surface area is 303 Å². The lowest BCUT2D eigenvalue weighted by atomic mass is 9.91. The second-order valence-electron chi connectivity index (χ2n) is 13.2. The summed E-state index contributed by atoms with van der Waals surface area (Å²) in [5.41, 5.74) is 11.3. The average Bonchev–Trinajstić information content (AvgIpc) is 3.90. The van der Waals surface area contributed by atoms with Crippen molar-refractivity contribution in [1.82, 2.24) is 0 Å². The first-order chi connectivity index (χ1) is 25.8. The number of furan rings is 2. The van der Waals surface area contributed by atoms with E-state index in [9.17, 15) is 0 Å². The van der Waals surface area contributed by atoms with E-state index >= 15 is 0 Å². The van der Waals surface area contributed by atoms with Crippen LogP contribution in [0.2, 0.25) is 0 Å². The first-order valence-corrected chi connectivity index (χ1v) is 18.3. The molecule has 0 aliphatic carbocycles. The smallest absolute Gasteiger partial charge is 0.143 e. The number of hydrogen-bond donors (Lipinski definition) is 0. The zero-order valence-electron chi connectivity index (χ0n) is 27.9. The van der Waals surface area contributed by atoms with Crippen LogP contribution in [0.1, 0.15) is 0 Å². The monoisotopic (exact) mass is 683 g/mol.